The predicted octanol–water partition coefficient (Wildman–Crippen LogP) is 3.75. The van der Waals surface area contributed by atoms with Crippen LogP contribution in [-0.2, 0) is 14.3 Å². The molecule has 0 radical (unpaired) electrons. The van der Waals surface area contributed by atoms with Gasteiger partial charge in [-0.2, -0.15) is 0 Å². The summed E-state index contributed by atoms with van der Waals surface area (Å²) < 4.78 is 39.9. The van der Waals surface area contributed by atoms with Crippen LogP contribution in [-0.4, -0.2) is 22.4 Å². The van der Waals surface area contributed by atoms with E-state index in [9.17, 15) is 18.4 Å². The lowest BCUT2D eigenvalue weighted by Crippen LogP contribution is -2.27. The molecular formula is C19H17F2NO4. The largest absolute Gasteiger partial charge is 0.448 e. The maximum absolute atomic E-state index is 14.3. The second-order valence-corrected chi connectivity index (χ2v) is 6.01. The van der Waals surface area contributed by atoms with Crippen molar-refractivity contribution in [3.63, 3.8) is 0 Å². The van der Waals surface area contributed by atoms with E-state index in [-0.39, 0.29) is 11.5 Å². The van der Waals surface area contributed by atoms with Gasteiger partial charge in [-0.25, -0.2) is 8.78 Å². The highest BCUT2D eigenvalue weighted by Crippen LogP contribution is 2.29. The van der Waals surface area contributed by atoms with Crippen molar-refractivity contribution in [2.45, 2.75) is 33.1 Å². The molecule has 0 amide bonds. The fourth-order valence-electron chi connectivity index (χ4n) is 2.88. The van der Waals surface area contributed by atoms with E-state index in [1.807, 2.05) is 6.07 Å². The average molecular weight is 361 g/mol. The number of allylic oxidation sites excluding steroid dienone is 2. The van der Waals surface area contributed by atoms with Crippen molar-refractivity contribution in [3.05, 3.63) is 70.9 Å². The number of halogens is 2. The lowest BCUT2D eigenvalue weighted by molar-refractivity contribution is -0.118. The van der Waals surface area contributed by atoms with Gasteiger partial charge in [0, 0.05) is 13.1 Å². The molecule has 0 spiro atoms. The molecule has 0 saturated heterocycles. The normalized spacial score (nSPS) is 17.7. The molecule has 2 aromatic rings. The topological polar surface area (TPSA) is 57.5 Å². The summed E-state index contributed by atoms with van der Waals surface area (Å²) in [6.45, 7) is 4.44. The van der Waals surface area contributed by atoms with Gasteiger partial charge in [-0.15, -0.1) is 0 Å². The molecule has 0 N–H and O–H groups in total. The first kappa shape index (κ1) is 17.8. The van der Waals surface area contributed by atoms with Crippen molar-refractivity contribution in [3.8, 4) is 0 Å². The third-order valence-electron chi connectivity index (χ3n) is 4.22. The number of Topliss-reactive ketones (excluding diaryl/α,β-unsaturated/α-hetero) is 2. The average Bonchev–Trinajstić information content (AvgIpc) is 3.15. The van der Waals surface area contributed by atoms with E-state index in [4.69, 9.17) is 9.47 Å². The first-order valence-corrected chi connectivity index (χ1v) is 8.01. The van der Waals surface area contributed by atoms with Gasteiger partial charge < -0.3 is 14.0 Å². The number of hydrogen-bond acceptors (Lipinski definition) is 4. The van der Waals surface area contributed by atoms with E-state index in [0.717, 1.165) is 11.8 Å². The van der Waals surface area contributed by atoms with E-state index in [1.54, 1.807) is 31.2 Å². The molecule has 1 aromatic carbocycles. The third-order valence-corrected chi connectivity index (χ3v) is 4.22. The van der Waals surface area contributed by atoms with Gasteiger partial charge in [0.2, 0.25) is 5.76 Å². The molecule has 0 saturated carbocycles. The van der Waals surface area contributed by atoms with Crippen molar-refractivity contribution in [1.82, 2.24) is 4.57 Å². The minimum Gasteiger partial charge on any atom is -0.448 e. The minimum absolute atomic E-state index is 0.0987. The smallest absolute Gasteiger partial charge is 0.307 e. The number of aromatic nitrogens is 1. The van der Waals surface area contributed by atoms with E-state index in [1.165, 1.54) is 18.4 Å². The van der Waals surface area contributed by atoms with Crippen LogP contribution < -0.4 is 0 Å². The van der Waals surface area contributed by atoms with Gasteiger partial charge in [-0.3, -0.25) is 9.59 Å². The van der Waals surface area contributed by atoms with Crippen LogP contribution in [0, 0.1) is 11.6 Å². The van der Waals surface area contributed by atoms with Crippen molar-refractivity contribution < 1.29 is 27.8 Å². The molecule has 26 heavy (non-hydrogen) atoms. The number of benzene rings is 1. The molecule has 1 aromatic heterocycles. The molecule has 2 heterocycles. The van der Waals surface area contributed by atoms with Crippen LogP contribution in [0.25, 0.3) is 0 Å². The zero-order valence-corrected chi connectivity index (χ0v) is 14.5. The number of carbonyl (C=O) groups excluding carboxylic acids is 2. The van der Waals surface area contributed by atoms with Gasteiger partial charge in [-0.05, 0) is 19.4 Å². The summed E-state index contributed by atoms with van der Waals surface area (Å²) in [5.41, 5.74) is 0.269. The first-order valence-electron chi connectivity index (χ1n) is 8.01. The number of nitrogens with zero attached hydrogens (tertiary/aromatic N) is 1. The van der Waals surface area contributed by atoms with Crippen LogP contribution in [0.5, 0.6) is 0 Å². The van der Waals surface area contributed by atoms with E-state index in [2.05, 4.69) is 0 Å². The zero-order chi connectivity index (χ0) is 19.0. The van der Waals surface area contributed by atoms with E-state index < -0.39 is 41.2 Å². The highest BCUT2D eigenvalue weighted by molar-refractivity contribution is 5.99. The van der Waals surface area contributed by atoms with Crippen molar-refractivity contribution in [2.24, 2.45) is 0 Å². The van der Waals surface area contributed by atoms with Crippen LogP contribution in [0.4, 0.5) is 8.78 Å². The summed E-state index contributed by atoms with van der Waals surface area (Å²) in [6.07, 6.45) is -0.596. The van der Waals surface area contributed by atoms with Crippen LogP contribution >= 0.6 is 0 Å². The Bertz CT molecular complexity index is 902. The molecule has 0 aliphatic carbocycles. The fourth-order valence-corrected chi connectivity index (χ4v) is 2.88. The maximum atomic E-state index is 14.3. The Kier molecular flexibility index (Phi) is 4.63. The first-order chi connectivity index (χ1) is 12.3. The monoisotopic (exact) mass is 361 g/mol. The second kappa shape index (κ2) is 6.74. The number of ketones is 2. The summed E-state index contributed by atoms with van der Waals surface area (Å²) in [6, 6.07) is 8.47. The van der Waals surface area contributed by atoms with Crippen LogP contribution in [0.1, 0.15) is 42.9 Å². The number of carbonyl (C=O) groups is 2. The number of rotatable bonds is 5. The SMILES string of the molecule is CC(=O)C1=C(C)OC(C(=O)c2c(F)c(F)cn2[C@H](C)c2ccccc2)O1. The highest BCUT2D eigenvalue weighted by atomic mass is 19.2. The lowest BCUT2D eigenvalue weighted by atomic mass is 10.1. The van der Waals surface area contributed by atoms with Crippen LogP contribution in [0.2, 0.25) is 0 Å². The Balaban J connectivity index is 1.96. The minimum atomic E-state index is -1.53. The lowest BCUT2D eigenvalue weighted by Gasteiger charge is -2.18. The van der Waals surface area contributed by atoms with E-state index in [0.29, 0.717) is 0 Å². The fraction of sp³-hybridized carbons (Fsp3) is 0.263. The maximum Gasteiger partial charge on any atom is 0.307 e. The quantitative estimate of drug-likeness (QED) is 0.761. The van der Waals surface area contributed by atoms with Gasteiger partial charge in [0.25, 0.3) is 5.78 Å². The molecule has 136 valence electrons. The zero-order valence-electron chi connectivity index (χ0n) is 14.5. The molecule has 1 aliphatic rings. The molecular weight excluding hydrogens is 344 g/mol. The highest BCUT2D eigenvalue weighted by Gasteiger charge is 2.38. The van der Waals surface area contributed by atoms with Crippen molar-refractivity contribution >= 4 is 11.6 Å². The van der Waals surface area contributed by atoms with Crippen molar-refractivity contribution in [1.29, 1.82) is 0 Å². The summed E-state index contributed by atoms with van der Waals surface area (Å²) >= 11 is 0. The van der Waals surface area contributed by atoms with Gasteiger partial charge >= 0.3 is 6.29 Å². The number of ether oxygens (including phenoxy) is 2. The Morgan fingerprint density at radius 1 is 1.15 bits per heavy atom. The predicted molar refractivity (Wildman–Crippen MR) is 88.3 cm³/mol. The van der Waals surface area contributed by atoms with Gasteiger partial charge in [0.15, 0.2) is 17.4 Å². The number of hydrogen-bond donors (Lipinski definition) is 0. The second-order valence-electron chi connectivity index (χ2n) is 6.01. The van der Waals surface area contributed by atoms with Gasteiger partial charge in [0.1, 0.15) is 11.5 Å². The molecule has 5 nitrogen and oxygen atoms in total. The van der Waals surface area contributed by atoms with Gasteiger partial charge in [-0.1, -0.05) is 30.3 Å². The van der Waals surface area contributed by atoms with Crippen LogP contribution in [0.15, 0.2) is 48.0 Å². The molecule has 7 heteroatoms. The molecule has 1 unspecified atom stereocenters. The molecule has 0 fully saturated rings. The Labute approximate surface area is 148 Å². The van der Waals surface area contributed by atoms with E-state index >= 15 is 0 Å². The van der Waals surface area contributed by atoms with Crippen molar-refractivity contribution in [2.75, 3.05) is 0 Å². The van der Waals surface area contributed by atoms with Crippen LogP contribution in [0.3, 0.4) is 0 Å². The summed E-state index contributed by atoms with van der Waals surface area (Å²) in [5.74, 6) is -3.71. The molecule has 1 aliphatic heterocycles. The molecule has 2 atom stereocenters. The molecule has 0 bridgehead atoms. The third kappa shape index (κ3) is 3.00. The Hall–Kier alpha value is -2.96. The summed E-state index contributed by atoms with van der Waals surface area (Å²) in [5, 5.41) is 0. The Morgan fingerprint density at radius 2 is 1.81 bits per heavy atom. The summed E-state index contributed by atoms with van der Waals surface area (Å²) in [4.78, 5) is 24.2. The molecule has 3 rings (SSSR count). The summed E-state index contributed by atoms with van der Waals surface area (Å²) in [7, 11) is 0. The standard InChI is InChI=1S/C19H17F2NO4/c1-10(13-7-5-4-6-8-13)22-9-14(20)15(21)16(22)17(24)19-25-12(3)18(26-19)11(2)23/h4-10,19H,1-3H3/t10-,19?/m1/s1. The van der Waals surface area contributed by atoms with Gasteiger partial charge in [0.05, 0.1) is 6.04 Å². The Morgan fingerprint density at radius 3 is 2.38 bits per heavy atom.